The molecule has 0 aromatic rings. The van der Waals surface area contributed by atoms with Crippen molar-refractivity contribution in [1.82, 2.24) is 4.90 Å². The number of carbonyl (C=O) groups is 1. The highest BCUT2D eigenvalue weighted by molar-refractivity contribution is 5.66. The van der Waals surface area contributed by atoms with Crippen LogP contribution in [-0.4, -0.2) is 29.2 Å². The quantitative estimate of drug-likeness (QED) is 0.533. The Hall–Kier alpha value is -0.990. The van der Waals surface area contributed by atoms with Crippen molar-refractivity contribution in [2.45, 2.75) is 12.8 Å². The van der Waals surface area contributed by atoms with E-state index in [-0.39, 0.29) is 0 Å². The normalized spacial score (nSPS) is 26.2. The van der Waals surface area contributed by atoms with Gasteiger partial charge in [-0.2, -0.15) is 0 Å². The third-order valence-electron chi connectivity index (χ3n) is 2.57. The first-order valence-electron chi connectivity index (χ1n) is 3.76. The van der Waals surface area contributed by atoms with E-state index in [4.69, 9.17) is 5.11 Å². The lowest BCUT2D eigenvalue weighted by Crippen LogP contribution is -2.61. The van der Waals surface area contributed by atoms with Crippen LogP contribution in [0.25, 0.3) is 0 Å². The first-order chi connectivity index (χ1) is 5.11. The third kappa shape index (κ3) is 0.836. The van der Waals surface area contributed by atoms with Crippen LogP contribution in [0.3, 0.4) is 0 Å². The fourth-order valence-corrected chi connectivity index (χ4v) is 2.13. The molecule has 1 saturated heterocycles. The van der Waals surface area contributed by atoms with Crippen LogP contribution in [0.2, 0.25) is 0 Å². The lowest BCUT2D eigenvalue weighted by molar-refractivity contribution is -0.0165. The smallest absolute Gasteiger partial charge is 0.407 e. The highest BCUT2D eigenvalue weighted by Gasteiger charge is 2.50. The minimum Gasteiger partial charge on any atom is -0.465 e. The fourth-order valence-electron chi connectivity index (χ4n) is 2.13. The van der Waals surface area contributed by atoms with Gasteiger partial charge in [0.05, 0.1) is 0 Å². The van der Waals surface area contributed by atoms with Crippen LogP contribution in [0.15, 0.2) is 12.2 Å². The standard InChI is InChI=1S/C8H11NO2/c1-6-2-8(3-6)4-9(5-8)7(10)11/h1-5H2,(H,10,11). The highest BCUT2D eigenvalue weighted by Crippen LogP contribution is 2.50. The van der Waals surface area contributed by atoms with E-state index in [1.54, 1.807) is 0 Å². The number of hydrogen-bond acceptors (Lipinski definition) is 1. The van der Waals surface area contributed by atoms with Gasteiger partial charge in [-0.15, -0.1) is 0 Å². The summed E-state index contributed by atoms with van der Waals surface area (Å²) in [6.07, 6.45) is 1.29. The zero-order valence-corrected chi connectivity index (χ0v) is 6.34. The molecule has 0 unspecified atom stereocenters. The van der Waals surface area contributed by atoms with Gasteiger partial charge < -0.3 is 10.0 Å². The van der Waals surface area contributed by atoms with Gasteiger partial charge in [0.2, 0.25) is 0 Å². The number of nitrogens with zero attached hydrogens (tertiary/aromatic N) is 1. The van der Waals surface area contributed by atoms with Crippen molar-refractivity contribution in [1.29, 1.82) is 0 Å². The fraction of sp³-hybridized carbons (Fsp3) is 0.625. The maximum atomic E-state index is 10.4. The topological polar surface area (TPSA) is 40.5 Å². The minimum atomic E-state index is -0.784. The lowest BCUT2D eigenvalue weighted by Gasteiger charge is -2.55. The number of likely N-dealkylation sites (tertiary alicyclic amines) is 1. The SMILES string of the molecule is C=C1CC2(C1)CN(C(=O)O)C2. The summed E-state index contributed by atoms with van der Waals surface area (Å²) in [7, 11) is 0. The molecule has 1 aliphatic heterocycles. The van der Waals surface area contributed by atoms with Crippen LogP contribution in [0.1, 0.15) is 12.8 Å². The Morgan fingerprint density at radius 3 is 2.45 bits per heavy atom. The molecule has 2 aliphatic rings. The van der Waals surface area contributed by atoms with Gasteiger partial charge >= 0.3 is 6.09 Å². The molecule has 2 fully saturated rings. The molecular weight excluding hydrogens is 142 g/mol. The van der Waals surface area contributed by atoms with Crippen molar-refractivity contribution in [2.24, 2.45) is 5.41 Å². The van der Waals surface area contributed by atoms with Crippen LogP contribution < -0.4 is 0 Å². The number of rotatable bonds is 0. The lowest BCUT2D eigenvalue weighted by atomic mass is 9.61. The van der Waals surface area contributed by atoms with E-state index in [0.717, 1.165) is 25.9 Å². The van der Waals surface area contributed by atoms with E-state index >= 15 is 0 Å². The summed E-state index contributed by atoms with van der Waals surface area (Å²) in [5.74, 6) is 0. The molecular formula is C8H11NO2. The number of amides is 1. The van der Waals surface area contributed by atoms with Crippen LogP contribution in [0.4, 0.5) is 4.79 Å². The summed E-state index contributed by atoms with van der Waals surface area (Å²) in [4.78, 5) is 11.9. The summed E-state index contributed by atoms with van der Waals surface area (Å²) in [6.45, 7) is 5.29. The van der Waals surface area contributed by atoms with Gasteiger partial charge in [0, 0.05) is 18.5 Å². The molecule has 1 aliphatic carbocycles. The summed E-state index contributed by atoms with van der Waals surface area (Å²) < 4.78 is 0. The summed E-state index contributed by atoms with van der Waals surface area (Å²) in [5, 5.41) is 8.55. The Balaban J connectivity index is 1.89. The zero-order chi connectivity index (χ0) is 8.06. The van der Waals surface area contributed by atoms with E-state index in [9.17, 15) is 4.79 Å². The van der Waals surface area contributed by atoms with Crippen LogP contribution in [0, 0.1) is 5.41 Å². The molecule has 0 aromatic heterocycles. The van der Waals surface area contributed by atoms with Gasteiger partial charge in [0.15, 0.2) is 0 Å². The van der Waals surface area contributed by atoms with Crippen LogP contribution in [-0.2, 0) is 0 Å². The first kappa shape index (κ1) is 6.70. The predicted octanol–water partition coefficient (Wildman–Crippen LogP) is 1.32. The van der Waals surface area contributed by atoms with Crippen molar-refractivity contribution >= 4 is 6.09 Å². The maximum Gasteiger partial charge on any atom is 0.407 e. The van der Waals surface area contributed by atoms with Crippen molar-refractivity contribution < 1.29 is 9.90 Å². The van der Waals surface area contributed by atoms with Crippen LogP contribution >= 0.6 is 0 Å². The van der Waals surface area contributed by atoms with Crippen LogP contribution in [0.5, 0.6) is 0 Å². The van der Waals surface area contributed by atoms with Gasteiger partial charge in [0.25, 0.3) is 0 Å². The molecule has 0 atom stereocenters. The molecule has 0 bridgehead atoms. The maximum absolute atomic E-state index is 10.4. The summed E-state index contributed by atoms with van der Waals surface area (Å²) in [5.41, 5.74) is 1.59. The summed E-state index contributed by atoms with van der Waals surface area (Å²) in [6, 6.07) is 0. The molecule has 1 saturated carbocycles. The number of carboxylic acid groups (broad SMARTS) is 1. The van der Waals surface area contributed by atoms with Crippen molar-refractivity contribution in [3.05, 3.63) is 12.2 Å². The van der Waals surface area contributed by atoms with E-state index in [0.29, 0.717) is 5.41 Å². The largest absolute Gasteiger partial charge is 0.465 e. The average molecular weight is 153 g/mol. The Morgan fingerprint density at radius 1 is 1.55 bits per heavy atom. The van der Waals surface area contributed by atoms with Gasteiger partial charge in [-0.05, 0) is 12.8 Å². The number of hydrogen-bond donors (Lipinski definition) is 1. The monoisotopic (exact) mass is 153 g/mol. The zero-order valence-electron chi connectivity index (χ0n) is 6.34. The van der Waals surface area contributed by atoms with Gasteiger partial charge in [0.1, 0.15) is 0 Å². The second-order valence-electron chi connectivity index (χ2n) is 3.74. The van der Waals surface area contributed by atoms with E-state index in [1.165, 1.54) is 10.5 Å². The van der Waals surface area contributed by atoms with E-state index in [2.05, 4.69) is 6.58 Å². The van der Waals surface area contributed by atoms with Crippen molar-refractivity contribution in [2.75, 3.05) is 13.1 Å². The molecule has 0 aromatic carbocycles. The Morgan fingerprint density at radius 2 is 2.09 bits per heavy atom. The van der Waals surface area contributed by atoms with E-state index < -0.39 is 6.09 Å². The number of allylic oxidation sites excluding steroid dienone is 1. The molecule has 60 valence electrons. The highest BCUT2D eigenvalue weighted by atomic mass is 16.4. The molecule has 3 nitrogen and oxygen atoms in total. The van der Waals surface area contributed by atoms with E-state index in [1.807, 2.05) is 0 Å². The van der Waals surface area contributed by atoms with Gasteiger partial charge in [-0.1, -0.05) is 12.2 Å². The minimum absolute atomic E-state index is 0.315. The Labute approximate surface area is 65.3 Å². The molecule has 3 heteroatoms. The second-order valence-corrected chi connectivity index (χ2v) is 3.74. The summed E-state index contributed by atoms with van der Waals surface area (Å²) >= 11 is 0. The molecule has 1 amide bonds. The average Bonchev–Trinajstić information content (AvgIpc) is 1.73. The Bertz CT molecular complexity index is 218. The van der Waals surface area contributed by atoms with Crippen molar-refractivity contribution in [3.63, 3.8) is 0 Å². The molecule has 1 spiro atoms. The van der Waals surface area contributed by atoms with Gasteiger partial charge in [-0.3, -0.25) is 0 Å². The molecule has 1 N–H and O–H groups in total. The molecule has 1 heterocycles. The third-order valence-corrected chi connectivity index (χ3v) is 2.57. The van der Waals surface area contributed by atoms with Gasteiger partial charge in [-0.25, -0.2) is 4.79 Å². The second kappa shape index (κ2) is 1.78. The molecule has 11 heavy (non-hydrogen) atoms. The molecule has 0 radical (unpaired) electrons. The predicted molar refractivity (Wildman–Crippen MR) is 40.4 cm³/mol. The Kier molecular flexibility index (Phi) is 1.09. The first-order valence-corrected chi connectivity index (χ1v) is 3.76. The molecule has 2 rings (SSSR count). The van der Waals surface area contributed by atoms with Crippen molar-refractivity contribution in [3.8, 4) is 0 Å².